The lowest BCUT2D eigenvalue weighted by molar-refractivity contribution is -0.0504. The molecule has 0 aromatic heterocycles. The topological polar surface area (TPSA) is 48.9 Å². The van der Waals surface area contributed by atoms with Crippen molar-refractivity contribution in [1.29, 1.82) is 0 Å². The molecule has 2 rings (SSSR count). The molecule has 1 fully saturated rings. The van der Waals surface area contributed by atoms with Crippen LogP contribution in [0.1, 0.15) is 30.4 Å². The molecule has 1 saturated heterocycles. The standard InChI is InChI=1S/C18H28F2N4O.HI/c1-14-6-7-16(25-17(19)20)15(12-14)13-23-18(21-2)22-8-11-24-9-4-3-5-10-24;/h6-7,12,17H,3-5,8-11,13H2,1-2H3,(H2,21,22,23);1H. The third kappa shape index (κ3) is 8.03. The van der Waals surface area contributed by atoms with E-state index in [1.165, 1.54) is 19.3 Å². The van der Waals surface area contributed by atoms with Crippen LogP contribution in [-0.2, 0) is 6.54 Å². The molecule has 1 aliphatic rings. The van der Waals surface area contributed by atoms with E-state index in [9.17, 15) is 8.78 Å². The van der Waals surface area contributed by atoms with E-state index in [2.05, 4.69) is 25.3 Å². The molecule has 5 nitrogen and oxygen atoms in total. The number of alkyl halides is 2. The van der Waals surface area contributed by atoms with Gasteiger partial charge in [0.1, 0.15) is 5.75 Å². The Bertz CT molecular complexity index is 566. The van der Waals surface area contributed by atoms with Gasteiger partial charge >= 0.3 is 6.61 Å². The van der Waals surface area contributed by atoms with Crippen LogP contribution >= 0.6 is 24.0 Å². The van der Waals surface area contributed by atoms with Crippen LogP contribution in [0, 0.1) is 6.92 Å². The highest BCUT2D eigenvalue weighted by atomic mass is 127. The second-order valence-corrected chi connectivity index (χ2v) is 6.24. The molecule has 0 aliphatic carbocycles. The van der Waals surface area contributed by atoms with Crippen molar-refractivity contribution in [3.05, 3.63) is 29.3 Å². The van der Waals surface area contributed by atoms with Crippen molar-refractivity contribution in [2.45, 2.75) is 39.3 Å². The first-order valence-electron chi connectivity index (χ1n) is 8.79. The van der Waals surface area contributed by atoms with Crippen molar-refractivity contribution in [2.75, 3.05) is 33.2 Å². The maximum absolute atomic E-state index is 12.5. The number of likely N-dealkylation sites (tertiary alicyclic amines) is 1. The quantitative estimate of drug-likeness (QED) is 0.356. The van der Waals surface area contributed by atoms with Crippen LogP contribution in [0.5, 0.6) is 5.75 Å². The van der Waals surface area contributed by atoms with Crippen molar-refractivity contribution in [3.63, 3.8) is 0 Å². The molecule has 1 aromatic rings. The number of aryl methyl sites for hydroxylation is 1. The van der Waals surface area contributed by atoms with Crippen LogP contribution in [0.25, 0.3) is 0 Å². The first kappa shape index (κ1) is 22.9. The minimum Gasteiger partial charge on any atom is -0.434 e. The number of nitrogens with zero attached hydrogens (tertiary/aromatic N) is 2. The van der Waals surface area contributed by atoms with E-state index in [-0.39, 0.29) is 29.7 Å². The van der Waals surface area contributed by atoms with E-state index in [1.54, 1.807) is 19.2 Å². The van der Waals surface area contributed by atoms with Gasteiger partial charge in [0, 0.05) is 32.2 Å². The molecule has 0 bridgehead atoms. The SMILES string of the molecule is CN=C(NCCN1CCCCC1)NCc1cc(C)ccc1OC(F)F.I. The van der Waals surface area contributed by atoms with Crippen molar-refractivity contribution in [3.8, 4) is 5.75 Å². The fourth-order valence-corrected chi connectivity index (χ4v) is 2.97. The molecular weight excluding hydrogens is 453 g/mol. The summed E-state index contributed by atoms with van der Waals surface area (Å²) in [7, 11) is 1.70. The van der Waals surface area contributed by atoms with Crippen LogP contribution in [0.3, 0.4) is 0 Å². The first-order chi connectivity index (χ1) is 12.1. The Balaban J connectivity index is 0.00000338. The van der Waals surface area contributed by atoms with Gasteiger partial charge < -0.3 is 20.3 Å². The van der Waals surface area contributed by atoms with Crippen molar-refractivity contribution in [2.24, 2.45) is 4.99 Å². The van der Waals surface area contributed by atoms with Gasteiger partial charge in [0.15, 0.2) is 5.96 Å². The molecular formula is C18H29F2IN4O. The summed E-state index contributed by atoms with van der Waals surface area (Å²) in [5, 5.41) is 6.43. The molecule has 8 heteroatoms. The molecule has 1 heterocycles. The number of ether oxygens (including phenoxy) is 1. The number of hydrogen-bond acceptors (Lipinski definition) is 3. The molecule has 0 amide bonds. The van der Waals surface area contributed by atoms with E-state index in [1.807, 2.05) is 13.0 Å². The van der Waals surface area contributed by atoms with Gasteiger partial charge in [0.2, 0.25) is 0 Å². The summed E-state index contributed by atoms with van der Waals surface area (Å²) in [4.78, 5) is 6.63. The summed E-state index contributed by atoms with van der Waals surface area (Å²) in [6.45, 7) is 3.55. The zero-order chi connectivity index (χ0) is 18.1. The first-order valence-corrected chi connectivity index (χ1v) is 8.79. The zero-order valence-electron chi connectivity index (χ0n) is 15.4. The van der Waals surface area contributed by atoms with E-state index < -0.39 is 6.61 Å². The van der Waals surface area contributed by atoms with Gasteiger partial charge in [-0.1, -0.05) is 24.1 Å². The predicted molar refractivity (Wildman–Crippen MR) is 112 cm³/mol. The summed E-state index contributed by atoms with van der Waals surface area (Å²) in [6.07, 6.45) is 3.87. The minimum absolute atomic E-state index is 0. The van der Waals surface area contributed by atoms with Crippen LogP contribution < -0.4 is 15.4 Å². The van der Waals surface area contributed by atoms with E-state index >= 15 is 0 Å². The van der Waals surface area contributed by atoms with Gasteiger partial charge in [-0.05, 0) is 38.9 Å². The smallest absolute Gasteiger partial charge is 0.387 e. The van der Waals surface area contributed by atoms with Crippen molar-refractivity contribution in [1.82, 2.24) is 15.5 Å². The second kappa shape index (κ2) is 12.3. The summed E-state index contributed by atoms with van der Waals surface area (Å²) in [5.74, 6) is 0.846. The summed E-state index contributed by atoms with van der Waals surface area (Å²) >= 11 is 0. The molecule has 0 saturated carbocycles. The highest BCUT2D eigenvalue weighted by Gasteiger charge is 2.11. The Morgan fingerprint density at radius 1 is 1.23 bits per heavy atom. The van der Waals surface area contributed by atoms with Gasteiger partial charge in [-0.15, -0.1) is 24.0 Å². The van der Waals surface area contributed by atoms with Gasteiger partial charge in [-0.25, -0.2) is 0 Å². The Kier molecular flexibility index (Phi) is 10.8. The molecule has 2 N–H and O–H groups in total. The number of nitrogens with one attached hydrogen (secondary N) is 2. The van der Waals surface area contributed by atoms with Gasteiger partial charge in [0.25, 0.3) is 0 Å². The maximum Gasteiger partial charge on any atom is 0.387 e. The van der Waals surface area contributed by atoms with Gasteiger partial charge in [0.05, 0.1) is 0 Å². The number of halogens is 3. The molecule has 0 radical (unpaired) electrons. The lowest BCUT2D eigenvalue weighted by Crippen LogP contribution is -2.42. The number of hydrogen-bond donors (Lipinski definition) is 2. The largest absolute Gasteiger partial charge is 0.434 e. The Labute approximate surface area is 171 Å². The zero-order valence-corrected chi connectivity index (χ0v) is 17.8. The van der Waals surface area contributed by atoms with E-state index in [0.29, 0.717) is 18.1 Å². The normalized spacial score (nSPS) is 15.5. The number of guanidine groups is 1. The molecule has 1 aliphatic heterocycles. The molecule has 1 aromatic carbocycles. The molecule has 148 valence electrons. The predicted octanol–water partition coefficient (Wildman–Crippen LogP) is 3.37. The molecule has 26 heavy (non-hydrogen) atoms. The Hall–Kier alpha value is -1.16. The van der Waals surface area contributed by atoms with Crippen LogP contribution in [0.15, 0.2) is 23.2 Å². The summed E-state index contributed by atoms with van der Waals surface area (Å²) in [6, 6.07) is 5.17. The third-order valence-corrected chi connectivity index (χ3v) is 4.27. The van der Waals surface area contributed by atoms with Crippen LogP contribution in [-0.4, -0.2) is 50.7 Å². The highest BCUT2D eigenvalue weighted by Crippen LogP contribution is 2.21. The van der Waals surface area contributed by atoms with Crippen molar-refractivity contribution < 1.29 is 13.5 Å². The fourth-order valence-electron chi connectivity index (χ4n) is 2.97. The lowest BCUT2D eigenvalue weighted by Gasteiger charge is -2.26. The monoisotopic (exact) mass is 482 g/mol. The second-order valence-electron chi connectivity index (χ2n) is 6.24. The molecule has 0 spiro atoms. The van der Waals surface area contributed by atoms with Crippen molar-refractivity contribution >= 4 is 29.9 Å². The Morgan fingerprint density at radius 3 is 2.62 bits per heavy atom. The number of benzene rings is 1. The lowest BCUT2D eigenvalue weighted by atomic mass is 10.1. The molecule has 0 atom stereocenters. The highest BCUT2D eigenvalue weighted by molar-refractivity contribution is 14.0. The average molecular weight is 482 g/mol. The summed E-state index contributed by atoms with van der Waals surface area (Å²) < 4.78 is 29.6. The third-order valence-electron chi connectivity index (χ3n) is 4.27. The number of rotatable bonds is 7. The number of piperidine rings is 1. The Morgan fingerprint density at radius 2 is 1.96 bits per heavy atom. The summed E-state index contributed by atoms with van der Waals surface area (Å²) in [5.41, 5.74) is 1.67. The van der Waals surface area contributed by atoms with E-state index in [4.69, 9.17) is 0 Å². The van der Waals surface area contributed by atoms with Crippen LogP contribution in [0.4, 0.5) is 8.78 Å². The van der Waals surface area contributed by atoms with E-state index in [0.717, 1.165) is 31.7 Å². The average Bonchev–Trinajstić information content (AvgIpc) is 2.60. The fraction of sp³-hybridized carbons (Fsp3) is 0.611. The van der Waals surface area contributed by atoms with Gasteiger partial charge in [-0.3, -0.25) is 4.99 Å². The molecule has 0 unspecified atom stereocenters. The van der Waals surface area contributed by atoms with Crippen LogP contribution in [0.2, 0.25) is 0 Å². The maximum atomic E-state index is 12.5. The minimum atomic E-state index is -2.83. The van der Waals surface area contributed by atoms with Gasteiger partial charge in [-0.2, -0.15) is 8.78 Å². The number of aliphatic imine (C=N–C) groups is 1.